The zero-order valence-corrected chi connectivity index (χ0v) is 12.5. The average Bonchev–Trinajstić information content (AvgIpc) is 2.85. The highest BCUT2D eigenvalue weighted by atomic mass is 32.2. The monoisotopic (exact) mass is 314 g/mol. The summed E-state index contributed by atoms with van der Waals surface area (Å²) in [5.74, 6) is -0.709. The summed E-state index contributed by atoms with van der Waals surface area (Å²) in [6, 6.07) is 4.04. The lowest BCUT2D eigenvalue weighted by atomic mass is 10.2. The largest absolute Gasteiger partial charge is 0.494 e. The molecule has 2 rings (SSSR count). The fourth-order valence-electron chi connectivity index (χ4n) is 1.79. The molecule has 0 N–H and O–H groups in total. The van der Waals surface area contributed by atoms with E-state index in [1.807, 2.05) is 6.92 Å². The summed E-state index contributed by atoms with van der Waals surface area (Å²) in [6.45, 7) is 1.84. The Kier molecular flexibility index (Phi) is 4.56. The van der Waals surface area contributed by atoms with E-state index in [2.05, 4.69) is 10.1 Å². The Morgan fingerprint density at radius 3 is 2.67 bits per heavy atom. The number of rotatable bonds is 6. The number of hydrogen-bond donors (Lipinski definition) is 0. The number of ether oxygens (including phenoxy) is 1. The Morgan fingerprint density at radius 1 is 1.33 bits per heavy atom. The molecular weight excluding hydrogens is 299 g/mol. The maximum absolute atomic E-state index is 13.5. The van der Waals surface area contributed by atoms with Crippen molar-refractivity contribution in [2.45, 2.75) is 24.9 Å². The molecule has 0 unspecified atom stereocenters. The molecule has 0 radical (unpaired) electrons. The normalized spacial score (nSPS) is 11.6. The Morgan fingerprint density at radius 2 is 2.10 bits per heavy atom. The van der Waals surface area contributed by atoms with Gasteiger partial charge in [-0.25, -0.2) is 12.8 Å². The molecule has 1 aromatic carbocycles. The number of halogens is 1. The summed E-state index contributed by atoms with van der Waals surface area (Å²) in [4.78, 5) is 3.95. The first-order valence-electron chi connectivity index (χ1n) is 6.28. The Balaban J connectivity index is 2.11. The molecule has 6 nitrogen and oxygen atoms in total. The quantitative estimate of drug-likeness (QED) is 0.810. The van der Waals surface area contributed by atoms with Crippen LogP contribution in [0.3, 0.4) is 0 Å². The standard InChI is InChI=1S/C13H15FN2O4S/c1-3-12-15-13(20-16-12)8-21(17,18)7-9-4-5-11(19-2)10(14)6-9/h4-6H,3,7-8H2,1-2H3. The number of benzene rings is 1. The van der Waals surface area contributed by atoms with Crippen LogP contribution in [-0.2, 0) is 27.8 Å². The van der Waals surface area contributed by atoms with Crippen LogP contribution in [0.5, 0.6) is 5.75 Å². The van der Waals surface area contributed by atoms with E-state index in [1.165, 1.54) is 19.2 Å². The summed E-state index contributed by atoms with van der Waals surface area (Å²) in [7, 11) is -2.18. The molecule has 8 heteroatoms. The molecule has 0 aliphatic heterocycles. The van der Waals surface area contributed by atoms with Crippen molar-refractivity contribution in [2.75, 3.05) is 7.11 Å². The molecule has 0 bridgehead atoms. The number of sulfone groups is 1. The molecule has 2 aromatic rings. The molecule has 0 saturated heterocycles. The van der Waals surface area contributed by atoms with E-state index >= 15 is 0 Å². The van der Waals surface area contributed by atoms with Gasteiger partial charge in [-0.1, -0.05) is 18.1 Å². The lowest BCUT2D eigenvalue weighted by Crippen LogP contribution is -2.08. The van der Waals surface area contributed by atoms with Crippen LogP contribution in [0, 0.1) is 5.82 Å². The van der Waals surface area contributed by atoms with E-state index in [4.69, 9.17) is 9.26 Å². The molecule has 1 heterocycles. The first kappa shape index (κ1) is 15.4. The van der Waals surface area contributed by atoms with Crippen molar-refractivity contribution in [2.24, 2.45) is 0 Å². The summed E-state index contributed by atoms with van der Waals surface area (Å²) in [5, 5.41) is 3.64. The van der Waals surface area contributed by atoms with Gasteiger partial charge < -0.3 is 9.26 Å². The Labute approximate surface area is 121 Å². The van der Waals surface area contributed by atoms with Crippen molar-refractivity contribution in [3.8, 4) is 5.75 Å². The van der Waals surface area contributed by atoms with Crippen LogP contribution in [0.1, 0.15) is 24.2 Å². The van der Waals surface area contributed by atoms with Gasteiger partial charge in [0, 0.05) is 6.42 Å². The lowest BCUT2D eigenvalue weighted by Gasteiger charge is -2.05. The molecule has 21 heavy (non-hydrogen) atoms. The summed E-state index contributed by atoms with van der Waals surface area (Å²) >= 11 is 0. The molecule has 114 valence electrons. The smallest absolute Gasteiger partial charge is 0.241 e. The molecular formula is C13H15FN2O4S. The fraction of sp³-hybridized carbons (Fsp3) is 0.385. The van der Waals surface area contributed by atoms with Crippen LogP contribution in [-0.4, -0.2) is 25.7 Å². The summed E-state index contributed by atoms with van der Waals surface area (Å²) in [5.41, 5.74) is 0.337. The first-order valence-corrected chi connectivity index (χ1v) is 8.10. The predicted octanol–water partition coefficient (Wildman–Crippen LogP) is 1.89. The minimum Gasteiger partial charge on any atom is -0.494 e. The molecule has 0 spiro atoms. The lowest BCUT2D eigenvalue weighted by molar-refractivity contribution is 0.383. The van der Waals surface area contributed by atoms with Gasteiger partial charge in [0.05, 0.1) is 12.9 Å². The SMILES string of the molecule is CCc1noc(CS(=O)(=O)Cc2ccc(OC)c(F)c2)n1. The van der Waals surface area contributed by atoms with E-state index < -0.39 is 15.7 Å². The van der Waals surface area contributed by atoms with Crippen LogP contribution in [0.2, 0.25) is 0 Å². The van der Waals surface area contributed by atoms with Crippen LogP contribution >= 0.6 is 0 Å². The topological polar surface area (TPSA) is 82.3 Å². The highest BCUT2D eigenvalue weighted by Gasteiger charge is 2.18. The van der Waals surface area contributed by atoms with E-state index in [-0.39, 0.29) is 23.1 Å². The number of methoxy groups -OCH3 is 1. The Hall–Kier alpha value is -1.96. The van der Waals surface area contributed by atoms with E-state index in [0.29, 0.717) is 17.8 Å². The maximum Gasteiger partial charge on any atom is 0.241 e. The third kappa shape index (κ3) is 4.01. The van der Waals surface area contributed by atoms with E-state index in [0.717, 1.165) is 6.07 Å². The second-order valence-electron chi connectivity index (χ2n) is 4.46. The van der Waals surface area contributed by atoms with Crippen molar-refractivity contribution in [1.82, 2.24) is 10.1 Å². The molecule has 0 amide bonds. The van der Waals surface area contributed by atoms with Crippen molar-refractivity contribution in [3.05, 3.63) is 41.3 Å². The van der Waals surface area contributed by atoms with Gasteiger partial charge in [0.1, 0.15) is 5.75 Å². The van der Waals surface area contributed by atoms with Gasteiger partial charge in [-0.2, -0.15) is 4.98 Å². The summed E-state index contributed by atoms with van der Waals surface area (Å²) < 4.78 is 47.3. The Bertz CT molecular complexity index is 728. The third-order valence-corrected chi connectivity index (χ3v) is 4.23. The zero-order chi connectivity index (χ0) is 15.5. The van der Waals surface area contributed by atoms with Gasteiger partial charge in [0.2, 0.25) is 5.89 Å². The van der Waals surface area contributed by atoms with Crippen molar-refractivity contribution >= 4 is 9.84 Å². The minimum absolute atomic E-state index is 0.0424. The predicted molar refractivity (Wildman–Crippen MR) is 73.0 cm³/mol. The number of aryl methyl sites for hydroxylation is 1. The highest BCUT2D eigenvalue weighted by molar-refractivity contribution is 7.89. The number of hydrogen-bond acceptors (Lipinski definition) is 6. The average molecular weight is 314 g/mol. The van der Waals surface area contributed by atoms with Gasteiger partial charge in [0.15, 0.2) is 27.2 Å². The fourth-order valence-corrected chi connectivity index (χ4v) is 3.07. The van der Waals surface area contributed by atoms with Crippen LogP contribution < -0.4 is 4.74 Å². The van der Waals surface area contributed by atoms with Gasteiger partial charge in [-0.15, -0.1) is 0 Å². The van der Waals surface area contributed by atoms with Crippen molar-refractivity contribution in [1.29, 1.82) is 0 Å². The second-order valence-corrected chi connectivity index (χ2v) is 6.52. The molecule has 0 aliphatic rings. The number of nitrogens with zero attached hydrogens (tertiary/aromatic N) is 2. The summed E-state index contributed by atoms with van der Waals surface area (Å²) in [6.07, 6.45) is 0.563. The van der Waals surface area contributed by atoms with Gasteiger partial charge in [0.25, 0.3) is 0 Å². The zero-order valence-electron chi connectivity index (χ0n) is 11.7. The molecule has 0 fully saturated rings. The van der Waals surface area contributed by atoms with E-state index in [9.17, 15) is 12.8 Å². The molecule has 0 saturated carbocycles. The molecule has 1 aromatic heterocycles. The third-order valence-electron chi connectivity index (χ3n) is 2.77. The second kappa shape index (κ2) is 6.21. The van der Waals surface area contributed by atoms with E-state index in [1.54, 1.807) is 0 Å². The maximum atomic E-state index is 13.5. The minimum atomic E-state index is -3.52. The van der Waals surface area contributed by atoms with Crippen LogP contribution in [0.4, 0.5) is 4.39 Å². The van der Waals surface area contributed by atoms with Crippen molar-refractivity contribution in [3.63, 3.8) is 0 Å². The first-order chi connectivity index (χ1) is 9.93. The molecule has 0 aliphatic carbocycles. The van der Waals surface area contributed by atoms with Crippen molar-refractivity contribution < 1.29 is 22.1 Å². The van der Waals surface area contributed by atoms with Crippen LogP contribution in [0.25, 0.3) is 0 Å². The van der Waals surface area contributed by atoms with Gasteiger partial charge >= 0.3 is 0 Å². The number of aromatic nitrogens is 2. The molecule has 0 atom stereocenters. The van der Waals surface area contributed by atoms with Gasteiger partial charge in [-0.05, 0) is 17.7 Å². The highest BCUT2D eigenvalue weighted by Crippen LogP contribution is 2.20. The van der Waals surface area contributed by atoms with Crippen LogP contribution in [0.15, 0.2) is 22.7 Å². The van der Waals surface area contributed by atoms with Gasteiger partial charge in [-0.3, -0.25) is 0 Å².